The van der Waals surface area contributed by atoms with Gasteiger partial charge in [-0.2, -0.15) is 0 Å². The van der Waals surface area contributed by atoms with Gasteiger partial charge in [0.2, 0.25) is 0 Å². The number of hydrogen-bond acceptors (Lipinski definition) is 4. The van der Waals surface area contributed by atoms with E-state index >= 15 is 0 Å². The highest BCUT2D eigenvalue weighted by Gasteiger charge is 2.38. The number of benzene rings is 1. The average Bonchev–Trinajstić information content (AvgIpc) is 2.12. The molecule has 0 radical (unpaired) electrons. The van der Waals surface area contributed by atoms with E-state index in [1.165, 1.54) is 12.1 Å². The summed E-state index contributed by atoms with van der Waals surface area (Å²) in [5.41, 5.74) is 5.34. The topological polar surface area (TPSA) is 80.4 Å². The van der Waals surface area contributed by atoms with Gasteiger partial charge in [0.05, 0.1) is 0 Å². The molecule has 0 atom stereocenters. The Balaban J connectivity index is 2.66. The van der Waals surface area contributed by atoms with Crippen LogP contribution in [0.1, 0.15) is 24.8 Å². The molecule has 17 heavy (non-hydrogen) atoms. The van der Waals surface area contributed by atoms with Crippen LogP contribution >= 0.6 is 0 Å². The van der Waals surface area contributed by atoms with Gasteiger partial charge in [-0.05, 0) is 25.3 Å². The average molecular weight is 259 g/mol. The van der Waals surface area contributed by atoms with E-state index in [-0.39, 0.29) is 5.56 Å². The fourth-order valence-electron chi connectivity index (χ4n) is 2.11. The molecule has 2 rings (SSSR count). The molecule has 3 N–H and O–H groups in total. The zero-order chi connectivity index (χ0) is 12.8. The van der Waals surface area contributed by atoms with Gasteiger partial charge in [0.1, 0.15) is 10.6 Å². The van der Waals surface area contributed by atoms with Crippen molar-refractivity contribution >= 4 is 9.84 Å². The molecule has 0 aromatic heterocycles. The van der Waals surface area contributed by atoms with Gasteiger partial charge in [0, 0.05) is 17.4 Å². The number of hydrogen-bond donors (Lipinski definition) is 2. The van der Waals surface area contributed by atoms with Crippen molar-refractivity contribution in [1.29, 1.82) is 0 Å². The number of phenolic OH excluding ortho intramolecular Hbond substituents is 1. The summed E-state index contributed by atoms with van der Waals surface area (Å²) in [5.74, 6) is -1.49. The number of rotatable bonds is 2. The van der Waals surface area contributed by atoms with Gasteiger partial charge in [0.15, 0.2) is 15.7 Å². The molecule has 94 valence electrons. The molecule has 0 bridgehead atoms. The summed E-state index contributed by atoms with van der Waals surface area (Å²) in [5, 5.41) is 9.45. The first-order chi connectivity index (χ1) is 7.76. The Labute approximate surface area is 99.2 Å². The van der Waals surface area contributed by atoms with Gasteiger partial charge in [-0.3, -0.25) is 0 Å². The molecule has 1 aromatic carbocycles. The van der Waals surface area contributed by atoms with E-state index in [1.807, 2.05) is 0 Å². The van der Waals surface area contributed by atoms with Crippen molar-refractivity contribution in [2.45, 2.75) is 29.7 Å². The van der Waals surface area contributed by atoms with Gasteiger partial charge in [-0.15, -0.1) is 0 Å². The Morgan fingerprint density at radius 2 is 2.00 bits per heavy atom. The van der Waals surface area contributed by atoms with Crippen molar-refractivity contribution in [3.8, 4) is 5.75 Å². The van der Waals surface area contributed by atoms with Crippen molar-refractivity contribution in [3.05, 3.63) is 23.5 Å². The smallest absolute Gasteiger partial charge is 0.182 e. The van der Waals surface area contributed by atoms with Crippen LogP contribution in [-0.2, 0) is 15.4 Å². The maximum atomic E-state index is 14.1. The van der Waals surface area contributed by atoms with Gasteiger partial charge >= 0.3 is 0 Å². The van der Waals surface area contributed by atoms with Gasteiger partial charge in [0.25, 0.3) is 0 Å². The normalized spacial score (nSPS) is 18.8. The Morgan fingerprint density at radius 3 is 2.41 bits per heavy atom. The summed E-state index contributed by atoms with van der Waals surface area (Å²) < 4.78 is 37.0. The molecule has 0 unspecified atom stereocenters. The standard InChI is InChI=1S/C11H14FNO3S/c1-17(15,16)10-8(14)4-3-7(9(10)12)11(13)5-2-6-11/h3-4,14H,2,5-6,13H2,1H3. The van der Waals surface area contributed by atoms with Crippen molar-refractivity contribution in [1.82, 2.24) is 0 Å². The van der Waals surface area contributed by atoms with Crippen LogP contribution in [-0.4, -0.2) is 19.8 Å². The first-order valence-corrected chi connectivity index (χ1v) is 7.16. The monoisotopic (exact) mass is 259 g/mol. The summed E-state index contributed by atoms with van der Waals surface area (Å²) in [6, 6.07) is 2.54. The molecular formula is C11H14FNO3S. The minimum absolute atomic E-state index is 0.168. The minimum atomic E-state index is -3.81. The van der Waals surface area contributed by atoms with Crippen molar-refractivity contribution < 1.29 is 17.9 Å². The molecule has 1 aliphatic carbocycles. The van der Waals surface area contributed by atoms with Gasteiger partial charge < -0.3 is 10.8 Å². The van der Waals surface area contributed by atoms with Crippen molar-refractivity contribution in [2.75, 3.05) is 6.26 Å². The zero-order valence-corrected chi connectivity index (χ0v) is 10.2. The van der Waals surface area contributed by atoms with E-state index in [1.54, 1.807) is 0 Å². The third kappa shape index (κ3) is 1.91. The fourth-order valence-corrected chi connectivity index (χ4v) is 2.99. The number of nitrogens with two attached hydrogens (primary N) is 1. The van der Waals surface area contributed by atoms with Crippen molar-refractivity contribution in [3.63, 3.8) is 0 Å². The van der Waals surface area contributed by atoms with E-state index in [0.29, 0.717) is 12.8 Å². The van der Waals surface area contributed by atoms with Crippen molar-refractivity contribution in [2.24, 2.45) is 5.73 Å². The van der Waals surface area contributed by atoms with Crippen LogP contribution in [0.15, 0.2) is 17.0 Å². The molecule has 0 amide bonds. The van der Waals surface area contributed by atoms with Crippen LogP contribution in [0, 0.1) is 5.82 Å². The molecule has 0 aliphatic heterocycles. The molecule has 0 saturated heterocycles. The van der Waals surface area contributed by atoms with E-state index in [9.17, 15) is 17.9 Å². The zero-order valence-electron chi connectivity index (χ0n) is 9.40. The summed E-state index contributed by atoms with van der Waals surface area (Å²) in [4.78, 5) is -0.660. The molecule has 0 heterocycles. The number of halogens is 1. The Kier molecular flexibility index (Phi) is 2.67. The fraction of sp³-hybridized carbons (Fsp3) is 0.455. The molecule has 1 aromatic rings. The van der Waals surface area contributed by atoms with Crippen LogP contribution in [0.5, 0.6) is 5.75 Å². The van der Waals surface area contributed by atoms with E-state index in [4.69, 9.17) is 5.73 Å². The van der Waals surface area contributed by atoms with Crippen LogP contribution in [0.4, 0.5) is 4.39 Å². The number of phenols is 1. The molecule has 1 saturated carbocycles. The van der Waals surface area contributed by atoms with E-state index in [2.05, 4.69) is 0 Å². The lowest BCUT2D eigenvalue weighted by Crippen LogP contribution is -2.44. The molecule has 1 aliphatic rings. The molecule has 4 nitrogen and oxygen atoms in total. The van der Waals surface area contributed by atoms with E-state index in [0.717, 1.165) is 12.7 Å². The molecule has 6 heteroatoms. The quantitative estimate of drug-likeness (QED) is 0.838. The molecule has 1 fully saturated rings. The van der Waals surface area contributed by atoms with Crippen LogP contribution in [0.2, 0.25) is 0 Å². The highest BCUT2D eigenvalue weighted by Crippen LogP contribution is 2.42. The lowest BCUT2D eigenvalue weighted by Gasteiger charge is -2.39. The third-order valence-electron chi connectivity index (χ3n) is 3.23. The predicted octanol–water partition coefficient (Wildman–Crippen LogP) is 1.27. The Morgan fingerprint density at radius 1 is 1.41 bits per heavy atom. The van der Waals surface area contributed by atoms with Gasteiger partial charge in [-0.1, -0.05) is 6.07 Å². The van der Waals surface area contributed by atoms with E-state index < -0.39 is 31.8 Å². The highest BCUT2D eigenvalue weighted by molar-refractivity contribution is 7.90. The highest BCUT2D eigenvalue weighted by atomic mass is 32.2. The van der Waals surface area contributed by atoms with Crippen LogP contribution < -0.4 is 5.73 Å². The first kappa shape index (κ1) is 12.3. The maximum Gasteiger partial charge on any atom is 0.182 e. The number of sulfone groups is 1. The largest absolute Gasteiger partial charge is 0.506 e. The lowest BCUT2D eigenvalue weighted by atomic mass is 9.72. The minimum Gasteiger partial charge on any atom is -0.506 e. The molecule has 0 spiro atoms. The maximum absolute atomic E-state index is 14.1. The summed E-state index contributed by atoms with van der Waals surface area (Å²) in [6.45, 7) is 0. The summed E-state index contributed by atoms with van der Waals surface area (Å²) in [7, 11) is -3.81. The van der Waals surface area contributed by atoms with Crippen LogP contribution in [0.25, 0.3) is 0 Å². The Hall–Kier alpha value is -1.14. The first-order valence-electron chi connectivity index (χ1n) is 5.26. The summed E-state index contributed by atoms with van der Waals surface area (Å²) in [6.07, 6.45) is 3.00. The lowest BCUT2D eigenvalue weighted by molar-refractivity contribution is 0.243. The molecular weight excluding hydrogens is 245 g/mol. The Bertz CT molecular complexity index is 564. The third-order valence-corrected chi connectivity index (χ3v) is 4.36. The second kappa shape index (κ2) is 3.68. The van der Waals surface area contributed by atoms with Crippen LogP contribution in [0.3, 0.4) is 0 Å². The second-order valence-electron chi connectivity index (χ2n) is 4.56. The number of aromatic hydroxyl groups is 1. The predicted molar refractivity (Wildman–Crippen MR) is 60.9 cm³/mol. The summed E-state index contributed by atoms with van der Waals surface area (Å²) >= 11 is 0. The second-order valence-corrected chi connectivity index (χ2v) is 6.51. The van der Waals surface area contributed by atoms with Gasteiger partial charge in [-0.25, -0.2) is 12.8 Å². The SMILES string of the molecule is CS(=O)(=O)c1c(O)ccc(C2(N)CCC2)c1F.